The van der Waals surface area contributed by atoms with Crippen molar-refractivity contribution in [3.63, 3.8) is 0 Å². The zero-order valence-corrected chi connectivity index (χ0v) is 22.2. The van der Waals surface area contributed by atoms with E-state index in [1.807, 2.05) is 47.7 Å². The molecule has 2 heterocycles. The summed E-state index contributed by atoms with van der Waals surface area (Å²) in [7, 11) is 0. The lowest BCUT2D eigenvalue weighted by Crippen LogP contribution is -2.54. The van der Waals surface area contributed by atoms with E-state index in [4.69, 9.17) is 9.47 Å². The molecule has 1 aliphatic rings. The molecule has 3 rings (SSSR count). The smallest absolute Gasteiger partial charge is 0.413 e. The molecule has 1 saturated heterocycles. The first-order valence-corrected chi connectivity index (χ1v) is 12.8. The maximum absolute atomic E-state index is 13.1. The molecule has 188 valence electrons. The van der Waals surface area contributed by atoms with Crippen molar-refractivity contribution in [2.24, 2.45) is 0 Å². The van der Waals surface area contributed by atoms with Crippen LogP contribution in [-0.4, -0.2) is 38.9 Å². The van der Waals surface area contributed by atoms with Crippen molar-refractivity contribution < 1.29 is 14.3 Å². The summed E-state index contributed by atoms with van der Waals surface area (Å²) in [5, 5.41) is 0. The Hall–Kier alpha value is -2.34. The van der Waals surface area contributed by atoms with Gasteiger partial charge in [-0.25, -0.2) is 9.78 Å². The minimum Gasteiger partial charge on any atom is -0.444 e. The molecule has 0 saturated carbocycles. The third-order valence-electron chi connectivity index (χ3n) is 6.48. The minimum absolute atomic E-state index is 0.337. The number of carbonyl (C=O) groups is 1. The molecule has 0 bridgehead atoms. The number of benzene rings is 1. The quantitative estimate of drug-likeness (QED) is 0.394. The maximum Gasteiger partial charge on any atom is 0.413 e. The molecule has 6 heteroatoms. The van der Waals surface area contributed by atoms with Gasteiger partial charge in [-0.2, -0.15) is 0 Å². The van der Waals surface area contributed by atoms with Crippen LogP contribution in [0.3, 0.4) is 0 Å². The second kappa shape index (κ2) is 10.5. The number of nitrogens with zero attached hydrogens (tertiary/aromatic N) is 2. The van der Waals surface area contributed by atoms with Gasteiger partial charge in [0.15, 0.2) is 0 Å². The summed E-state index contributed by atoms with van der Waals surface area (Å²) in [5.74, 6) is 0.690. The first kappa shape index (κ1) is 26.3. The monoisotopic (exact) mass is 469 g/mol. The SMILES string of the molecule is CCCCCCCCc1ccc(-c2cnc(C3(C)COC(C)(C)N3C(=O)OC(C)(C)C)[nH]2)cc1. The fourth-order valence-corrected chi connectivity index (χ4v) is 4.65. The Balaban J connectivity index is 1.70. The molecular formula is C28H43N3O3. The van der Waals surface area contributed by atoms with Gasteiger partial charge >= 0.3 is 6.09 Å². The van der Waals surface area contributed by atoms with Gasteiger partial charge in [0.05, 0.1) is 18.5 Å². The number of hydrogen-bond acceptors (Lipinski definition) is 4. The summed E-state index contributed by atoms with van der Waals surface area (Å²) >= 11 is 0. The van der Waals surface area contributed by atoms with Gasteiger partial charge in [-0.3, -0.25) is 4.90 Å². The van der Waals surface area contributed by atoms with Gasteiger partial charge in [0, 0.05) is 0 Å². The molecule has 34 heavy (non-hydrogen) atoms. The number of H-pyrrole nitrogens is 1. The van der Waals surface area contributed by atoms with Gasteiger partial charge in [-0.05, 0) is 65.5 Å². The Labute approximate surface area is 205 Å². The summed E-state index contributed by atoms with van der Waals surface area (Å²) in [6, 6.07) is 8.70. The first-order valence-electron chi connectivity index (χ1n) is 12.8. The number of carbonyl (C=O) groups excluding carboxylic acids is 1. The van der Waals surface area contributed by atoms with Crippen LogP contribution < -0.4 is 0 Å². The highest BCUT2D eigenvalue weighted by molar-refractivity contribution is 5.71. The van der Waals surface area contributed by atoms with Crippen LogP contribution >= 0.6 is 0 Å². The largest absolute Gasteiger partial charge is 0.444 e. The standard InChI is InChI=1S/C28H43N3O3/c1-8-9-10-11-12-13-14-21-15-17-22(18-16-21)23-19-29-24(30-23)28(7)20-33-27(5,6)31(28)25(32)34-26(2,3)4/h15-19H,8-14,20H2,1-7H3,(H,29,30). The topological polar surface area (TPSA) is 67.4 Å². The van der Waals surface area contributed by atoms with E-state index in [1.54, 1.807) is 4.90 Å². The van der Waals surface area contributed by atoms with Crippen molar-refractivity contribution in [3.8, 4) is 11.3 Å². The number of aromatic amines is 1. The number of imidazole rings is 1. The Morgan fingerprint density at radius 1 is 1.09 bits per heavy atom. The lowest BCUT2D eigenvalue weighted by molar-refractivity contribution is -0.0690. The van der Waals surface area contributed by atoms with Gasteiger partial charge < -0.3 is 14.5 Å². The van der Waals surface area contributed by atoms with Crippen LogP contribution in [0, 0.1) is 0 Å². The second-order valence-corrected chi connectivity index (χ2v) is 11.2. The van der Waals surface area contributed by atoms with Crippen molar-refractivity contribution >= 4 is 6.09 Å². The number of amides is 1. The summed E-state index contributed by atoms with van der Waals surface area (Å²) < 4.78 is 11.7. The van der Waals surface area contributed by atoms with Crippen molar-refractivity contribution in [3.05, 3.63) is 41.9 Å². The van der Waals surface area contributed by atoms with Gasteiger partial charge in [0.1, 0.15) is 22.7 Å². The molecule has 6 nitrogen and oxygen atoms in total. The van der Waals surface area contributed by atoms with Gasteiger partial charge in [-0.15, -0.1) is 0 Å². The Kier molecular flexibility index (Phi) is 8.12. The number of nitrogens with one attached hydrogen (secondary N) is 1. The van der Waals surface area contributed by atoms with E-state index in [0.717, 1.165) is 17.7 Å². The average Bonchev–Trinajstić information content (AvgIpc) is 3.33. The fourth-order valence-electron chi connectivity index (χ4n) is 4.65. The van der Waals surface area contributed by atoms with Gasteiger partial charge in [-0.1, -0.05) is 63.3 Å². The van der Waals surface area contributed by atoms with Crippen molar-refractivity contribution in [2.75, 3.05) is 6.61 Å². The number of ether oxygens (including phenoxy) is 2. The lowest BCUT2D eigenvalue weighted by atomic mass is 10.00. The highest BCUT2D eigenvalue weighted by Gasteiger charge is 2.55. The molecule has 1 aromatic carbocycles. The number of aryl methyl sites for hydroxylation is 1. The number of aromatic nitrogens is 2. The lowest BCUT2D eigenvalue weighted by Gasteiger charge is -2.39. The summed E-state index contributed by atoms with van der Waals surface area (Å²) in [5.41, 5.74) is 1.21. The number of rotatable bonds is 9. The normalized spacial score (nSPS) is 20.0. The van der Waals surface area contributed by atoms with Crippen molar-refractivity contribution in [2.45, 2.75) is 110 Å². The van der Waals surface area contributed by atoms with E-state index in [1.165, 1.54) is 44.1 Å². The third kappa shape index (κ3) is 6.21. The number of unbranched alkanes of at least 4 members (excludes halogenated alkanes) is 5. The minimum atomic E-state index is -0.803. The zero-order chi connectivity index (χ0) is 25.0. The first-order chi connectivity index (χ1) is 16.0. The van der Waals surface area contributed by atoms with Gasteiger partial charge in [0.25, 0.3) is 0 Å². The summed E-state index contributed by atoms with van der Waals surface area (Å²) in [6.07, 6.45) is 10.4. The molecule has 1 atom stereocenters. The van der Waals surface area contributed by atoms with E-state index < -0.39 is 23.0 Å². The van der Waals surface area contributed by atoms with Gasteiger partial charge in [0.2, 0.25) is 0 Å². The van der Waals surface area contributed by atoms with Crippen LogP contribution in [0.2, 0.25) is 0 Å². The Morgan fingerprint density at radius 3 is 2.38 bits per heavy atom. The summed E-state index contributed by atoms with van der Waals surface area (Å²) in [6.45, 7) is 13.9. The highest BCUT2D eigenvalue weighted by atomic mass is 16.6. The van der Waals surface area contributed by atoms with Crippen molar-refractivity contribution in [1.82, 2.24) is 14.9 Å². The number of hydrogen-bond donors (Lipinski definition) is 1. The Bertz CT molecular complexity index is 943. The van der Waals surface area contributed by atoms with Crippen LogP contribution in [-0.2, 0) is 21.4 Å². The van der Waals surface area contributed by atoms with E-state index in [-0.39, 0.29) is 0 Å². The maximum atomic E-state index is 13.1. The molecule has 0 aliphatic carbocycles. The van der Waals surface area contributed by atoms with E-state index in [2.05, 4.69) is 41.2 Å². The molecule has 1 fully saturated rings. The molecule has 1 unspecified atom stereocenters. The van der Waals surface area contributed by atoms with Crippen LogP contribution in [0.5, 0.6) is 0 Å². The molecule has 0 spiro atoms. The molecule has 1 amide bonds. The second-order valence-electron chi connectivity index (χ2n) is 11.2. The highest BCUT2D eigenvalue weighted by Crippen LogP contribution is 2.42. The van der Waals surface area contributed by atoms with E-state index >= 15 is 0 Å². The molecular weight excluding hydrogens is 426 g/mol. The van der Waals surface area contributed by atoms with Crippen LogP contribution in [0.1, 0.15) is 98.4 Å². The molecule has 1 aromatic heterocycles. The van der Waals surface area contributed by atoms with Crippen molar-refractivity contribution in [1.29, 1.82) is 0 Å². The third-order valence-corrected chi connectivity index (χ3v) is 6.48. The van der Waals surface area contributed by atoms with Crippen LogP contribution in [0.15, 0.2) is 30.5 Å². The van der Waals surface area contributed by atoms with Crippen LogP contribution in [0.25, 0.3) is 11.3 Å². The molecule has 1 aliphatic heterocycles. The Morgan fingerprint density at radius 2 is 1.74 bits per heavy atom. The van der Waals surface area contributed by atoms with Crippen LogP contribution in [0.4, 0.5) is 4.79 Å². The molecule has 0 radical (unpaired) electrons. The summed E-state index contributed by atoms with van der Waals surface area (Å²) in [4.78, 5) is 22.9. The predicted molar refractivity (Wildman–Crippen MR) is 137 cm³/mol. The molecule has 1 N–H and O–H groups in total. The predicted octanol–water partition coefficient (Wildman–Crippen LogP) is 7.20. The average molecular weight is 470 g/mol. The zero-order valence-electron chi connectivity index (χ0n) is 22.2. The fraction of sp³-hybridized carbons (Fsp3) is 0.643. The molecule has 2 aromatic rings. The van der Waals surface area contributed by atoms with E-state index in [0.29, 0.717) is 12.4 Å². The van der Waals surface area contributed by atoms with E-state index in [9.17, 15) is 4.79 Å².